The van der Waals surface area contributed by atoms with Crippen molar-refractivity contribution in [3.05, 3.63) is 65.1 Å². The fourth-order valence-electron chi connectivity index (χ4n) is 5.78. The van der Waals surface area contributed by atoms with Crippen LogP contribution in [0.15, 0.2) is 42.5 Å². The van der Waals surface area contributed by atoms with Gasteiger partial charge in [-0.2, -0.15) is 18.3 Å². The van der Waals surface area contributed by atoms with Gasteiger partial charge in [0.15, 0.2) is 24.1 Å². The predicted octanol–water partition coefficient (Wildman–Crippen LogP) is 8.45. The third kappa shape index (κ3) is 13.4. The SMILES string of the molecule is CN(c1ccccc1CNc1nc(-c2cc(F)c(OCOCC[Si](C)(C)C)cc2CC(F)(F)F)cc2c1c(C(N)=O)nn2COCC[Si](C)(C)C)S(=O)(=O)CCCCl. The number of para-hydroxylation sites is 1. The molecular weight excluding hydrogens is 836 g/mol. The molecule has 0 fully saturated rings. The number of rotatable bonds is 22. The van der Waals surface area contributed by atoms with E-state index in [4.69, 9.17) is 31.5 Å². The van der Waals surface area contributed by atoms with Gasteiger partial charge in [0.25, 0.3) is 5.91 Å². The summed E-state index contributed by atoms with van der Waals surface area (Å²) in [4.78, 5) is 17.5. The smallest absolute Gasteiger partial charge is 0.393 e. The summed E-state index contributed by atoms with van der Waals surface area (Å²) in [6.07, 6.45) is -5.91. The van der Waals surface area contributed by atoms with Crippen LogP contribution in [0.25, 0.3) is 22.2 Å². The Morgan fingerprint density at radius 1 is 1.00 bits per heavy atom. The summed E-state index contributed by atoms with van der Waals surface area (Å²) >= 11 is 5.77. The van der Waals surface area contributed by atoms with Crippen LogP contribution >= 0.6 is 11.6 Å². The molecule has 20 heteroatoms. The average Bonchev–Trinajstić information content (AvgIpc) is 3.49. The van der Waals surface area contributed by atoms with E-state index in [-0.39, 0.29) is 77.4 Å². The van der Waals surface area contributed by atoms with E-state index in [1.54, 1.807) is 24.3 Å². The highest BCUT2D eigenvalue weighted by Crippen LogP contribution is 2.37. The Hall–Kier alpha value is -3.76. The number of hydrogen-bond donors (Lipinski definition) is 2. The van der Waals surface area contributed by atoms with Crippen molar-refractivity contribution in [3.63, 3.8) is 0 Å². The van der Waals surface area contributed by atoms with E-state index >= 15 is 4.39 Å². The number of fused-ring (bicyclic) bond motifs is 1. The minimum atomic E-state index is -4.70. The number of nitrogens with zero attached hydrogens (tertiary/aromatic N) is 4. The van der Waals surface area contributed by atoms with Crippen LogP contribution in [0.1, 0.15) is 28.0 Å². The number of nitrogens with one attached hydrogen (secondary N) is 1. The molecule has 12 nitrogen and oxygen atoms in total. The lowest BCUT2D eigenvalue weighted by Crippen LogP contribution is -2.30. The summed E-state index contributed by atoms with van der Waals surface area (Å²) in [5.74, 6) is -2.33. The maximum Gasteiger partial charge on any atom is 0.393 e. The second-order valence-corrected chi connectivity index (χ2v) is 30.1. The third-order valence-electron chi connectivity index (χ3n) is 9.03. The molecule has 0 aliphatic heterocycles. The lowest BCUT2D eigenvalue weighted by atomic mass is 9.99. The highest BCUT2D eigenvalue weighted by atomic mass is 35.5. The Balaban J connectivity index is 1.86. The Morgan fingerprint density at radius 2 is 1.66 bits per heavy atom. The molecule has 0 aliphatic rings. The summed E-state index contributed by atoms with van der Waals surface area (Å²) in [5.41, 5.74) is 6.07. The number of hydrogen-bond acceptors (Lipinski definition) is 9. The second-order valence-electron chi connectivity index (χ2n) is 16.3. The number of anilines is 2. The first-order valence-electron chi connectivity index (χ1n) is 18.7. The number of primary amides is 1. The number of ether oxygens (including phenoxy) is 3. The molecule has 1 amide bonds. The van der Waals surface area contributed by atoms with Crippen molar-refractivity contribution in [2.45, 2.75) is 83.7 Å². The van der Waals surface area contributed by atoms with Crippen LogP contribution in [0.2, 0.25) is 51.4 Å². The summed E-state index contributed by atoms with van der Waals surface area (Å²) in [5, 5.41) is 7.70. The van der Waals surface area contributed by atoms with Gasteiger partial charge in [-0.05, 0) is 53.9 Å². The molecule has 2 heterocycles. The summed E-state index contributed by atoms with van der Waals surface area (Å²) in [6, 6.07) is 11.6. The molecule has 58 heavy (non-hydrogen) atoms. The van der Waals surface area contributed by atoms with Crippen molar-refractivity contribution in [1.82, 2.24) is 14.8 Å². The zero-order chi connectivity index (χ0) is 43.1. The second kappa shape index (κ2) is 19.5. The molecule has 0 saturated carbocycles. The van der Waals surface area contributed by atoms with E-state index in [2.05, 4.69) is 54.7 Å². The maximum atomic E-state index is 15.8. The number of nitrogens with two attached hydrogens (primary N) is 1. The fourth-order valence-corrected chi connectivity index (χ4v) is 8.85. The highest BCUT2D eigenvalue weighted by Gasteiger charge is 2.31. The van der Waals surface area contributed by atoms with Gasteiger partial charge in [-0.1, -0.05) is 57.5 Å². The lowest BCUT2D eigenvalue weighted by molar-refractivity contribution is -0.127. The molecule has 320 valence electrons. The number of halogens is 5. The average molecular weight is 890 g/mol. The van der Waals surface area contributed by atoms with Gasteiger partial charge in [-0.3, -0.25) is 9.10 Å². The molecule has 0 bridgehead atoms. The monoisotopic (exact) mass is 888 g/mol. The zero-order valence-electron chi connectivity index (χ0n) is 33.9. The van der Waals surface area contributed by atoms with Crippen molar-refractivity contribution in [1.29, 1.82) is 0 Å². The van der Waals surface area contributed by atoms with E-state index in [1.165, 1.54) is 17.8 Å². The molecule has 0 saturated heterocycles. The van der Waals surface area contributed by atoms with Crippen LogP contribution in [0, 0.1) is 5.82 Å². The number of pyridine rings is 1. The van der Waals surface area contributed by atoms with Gasteiger partial charge in [0.1, 0.15) is 12.5 Å². The molecule has 0 aliphatic carbocycles. The molecule has 0 unspecified atom stereocenters. The van der Waals surface area contributed by atoms with E-state index in [0.29, 0.717) is 24.5 Å². The molecule has 2 aromatic heterocycles. The highest BCUT2D eigenvalue weighted by molar-refractivity contribution is 7.92. The lowest BCUT2D eigenvalue weighted by Gasteiger charge is -2.23. The van der Waals surface area contributed by atoms with E-state index in [0.717, 1.165) is 28.5 Å². The topological polar surface area (TPSA) is 151 Å². The zero-order valence-corrected chi connectivity index (χ0v) is 37.5. The fraction of sp³-hybridized carbons (Fsp3) is 0.500. The van der Waals surface area contributed by atoms with Gasteiger partial charge in [0.05, 0.1) is 34.5 Å². The molecule has 0 radical (unpaired) electrons. The van der Waals surface area contributed by atoms with E-state index in [9.17, 15) is 26.4 Å². The largest absolute Gasteiger partial charge is 0.464 e. The van der Waals surface area contributed by atoms with Crippen LogP contribution in [0.5, 0.6) is 5.75 Å². The Kier molecular flexibility index (Phi) is 15.8. The van der Waals surface area contributed by atoms with Crippen molar-refractivity contribution in [2.24, 2.45) is 5.73 Å². The first-order valence-corrected chi connectivity index (χ1v) is 28.3. The first kappa shape index (κ1) is 46.9. The van der Waals surface area contributed by atoms with Crippen molar-refractivity contribution < 1.29 is 45.0 Å². The Morgan fingerprint density at radius 3 is 2.28 bits per heavy atom. The maximum absolute atomic E-state index is 15.8. The van der Waals surface area contributed by atoms with Gasteiger partial charge >= 0.3 is 6.18 Å². The summed E-state index contributed by atoms with van der Waals surface area (Å²) in [7, 11) is -5.27. The predicted molar refractivity (Wildman–Crippen MR) is 226 cm³/mol. The number of carbonyl (C=O) groups is 1. The molecular formula is C38H53ClF4N6O6SSi2. The van der Waals surface area contributed by atoms with Gasteiger partial charge in [0.2, 0.25) is 10.0 Å². The van der Waals surface area contributed by atoms with Crippen LogP contribution in [0.3, 0.4) is 0 Å². The Labute approximate surface area is 344 Å². The molecule has 2 aromatic carbocycles. The summed E-state index contributed by atoms with van der Waals surface area (Å²) in [6.45, 7) is 13.2. The van der Waals surface area contributed by atoms with Crippen LogP contribution < -0.4 is 20.1 Å². The normalized spacial score (nSPS) is 12.6. The van der Waals surface area contributed by atoms with E-state index < -0.39 is 56.2 Å². The van der Waals surface area contributed by atoms with Crippen molar-refractivity contribution in [3.8, 4) is 17.0 Å². The number of aromatic nitrogens is 3. The van der Waals surface area contributed by atoms with Crippen molar-refractivity contribution >= 4 is 66.1 Å². The minimum absolute atomic E-state index is 0.0217. The van der Waals surface area contributed by atoms with Gasteiger partial charge < -0.3 is 25.3 Å². The Bertz CT molecular complexity index is 2160. The molecule has 4 rings (SSSR count). The molecule has 3 N–H and O–H groups in total. The summed E-state index contributed by atoms with van der Waals surface area (Å²) < 4.78 is 104. The quantitative estimate of drug-likeness (QED) is 0.0261. The minimum Gasteiger partial charge on any atom is -0.464 e. The third-order valence-corrected chi connectivity index (χ3v) is 14.5. The number of sulfonamides is 1. The first-order chi connectivity index (χ1) is 27.0. The van der Waals surface area contributed by atoms with Crippen LogP contribution in [-0.2, 0) is 39.2 Å². The molecule has 0 spiro atoms. The van der Waals surface area contributed by atoms with Gasteiger partial charge in [0, 0.05) is 54.4 Å². The number of carbonyl (C=O) groups excluding carboxylic acids is 1. The van der Waals surface area contributed by atoms with Crippen LogP contribution in [0.4, 0.5) is 29.1 Å². The van der Waals surface area contributed by atoms with Crippen LogP contribution in [-0.4, -0.2) is 90.1 Å². The van der Waals surface area contributed by atoms with Gasteiger partial charge in [-0.25, -0.2) is 22.5 Å². The standard InChI is InChI=1S/C38H53ClF4N6O6SSi2/c1-48(56(51,52)16-10-13-39)31-12-9-8-11-26(31)23-45-37-34-32(49(47-35(34)36(44)50)24-53-14-17-57(2,3)4)21-30(46-37)28-20-29(40)33(19-27(28)22-38(41,42)43)55-25-54-15-18-58(5,6)7/h8-9,11-12,19-21H,10,13-18,22-25H2,1-7H3,(H2,44,50)(H,45,46). The number of benzene rings is 2. The molecule has 0 atom stereocenters. The number of amides is 1. The molecule has 4 aromatic rings. The van der Waals surface area contributed by atoms with E-state index in [1.807, 2.05) is 0 Å². The van der Waals surface area contributed by atoms with Crippen molar-refractivity contribution in [2.75, 3.05) is 48.3 Å². The number of alkyl halides is 4. The van der Waals surface area contributed by atoms with Gasteiger partial charge in [-0.15, -0.1) is 11.6 Å².